The number of rotatable bonds is 6. The van der Waals surface area contributed by atoms with Gasteiger partial charge in [0.2, 0.25) is 5.82 Å². The molecule has 9 heteroatoms. The van der Waals surface area contributed by atoms with Crippen LogP contribution in [0.1, 0.15) is 18.4 Å². The highest BCUT2D eigenvalue weighted by atomic mass is 19.1. The number of benzene rings is 1. The molecule has 146 valence electrons. The van der Waals surface area contributed by atoms with Gasteiger partial charge in [-0.15, -0.1) is 0 Å². The van der Waals surface area contributed by atoms with Crippen molar-refractivity contribution in [1.82, 2.24) is 9.78 Å². The first kappa shape index (κ1) is 19.1. The second-order valence-corrected chi connectivity index (χ2v) is 6.58. The molecule has 0 N–H and O–H groups in total. The molecule has 1 saturated heterocycles. The quantitative estimate of drug-likeness (QED) is 0.568. The van der Waals surface area contributed by atoms with Crippen molar-refractivity contribution < 1.29 is 18.8 Å². The minimum absolute atomic E-state index is 0.0861. The van der Waals surface area contributed by atoms with Gasteiger partial charge in [0.1, 0.15) is 18.1 Å². The van der Waals surface area contributed by atoms with E-state index >= 15 is 0 Å². The van der Waals surface area contributed by atoms with Gasteiger partial charge in [0.15, 0.2) is 0 Å². The van der Waals surface area contributed by atoms with E-state index in [1.54, 1.807) is 19.1 Å². The number of methoxy groups -OCH3 is 1. The lowest BCUT2D eigenvalue weighted by molar-refractivity contribution is -0.384. The van der Waals surface area contributed by atoms with Crippen LogP contribution in [0.15, 0.2) is 30.5 Å². The summed E-state index contributed by atoms with van der Waals surface area (Å²) in [5, 5.41) is 15.2. The minimum atomic E-state index is -1.14. The predicted octanol–water partition coefficient (Wildman–Crippen LogP) is 2.86. The normalized spacial score (nSPS) is 20.3. The SMILES string of the molecule is COc1ccc(CO[C@@H]2CCN(c3c([N+](=O)[O-])cnn3C)C[C@@H](F)C2)cc1. The number of aryl methyl sites for hydroxylation is 1. The molecule has 0 aliphatic carbocycles. The largest absolute Gasteiger partial charge is 0.497 e. The van der Waals surface area contributed by atoms with Crippen LogP contribution >= 0.6 is 0 Å². The highest BCUT2D eigenvalue weighted by Crippen LogP contribution is 2.30. The highest BCUT2D eigenvalue weighted by Gasteiger charge is 2.31. The summed E-state index contributed by atoms with van der Waals surface area (Å²) in [7, 11) is 3.23. The highest BCUT2D eigenvalue weighted by molar-refractivity contribution is 5.57. The third kappa shape index (κ3) is 4.54. The summed E-state index contributed by atoms with van der Waals surface area (Å²) in [5.41, 5.74) is 0.872. The summed E-state index contributed by atoms with van der Waals surface area (Å²) in [6, 6.07) is 7.53. The van der Waals surface area contributed by atoms with Crippen molar-refractivity contribution >= 4 is 11.5 Å². The summed E-state index contributed by atoms with van der Waals surface area (Å²) >= 11 is 0. The first-order chi connectivity index (χ1) is 13.0. The van der Waals surface area contributed by atoms with Gasteiger partial charge in [0.05, 0.1) is 31.3 Å². The summed E-state index contributed by atoms with van der Waals surface area (Å²) in [5.74, 6) is 1.10. The van der Waals surface area contributed by atoms with E-state index in [4.69, 9.17) is 9.47 Å². The maximum absolute atomic E-state index is 14.5. The van der Waals surface area contributed by atoms with E-state index in [1.165, 1.54) is 10.9 Å². The van der Waals surface area contributed by atoms with E-state index in [0.29, 0.717) is 25.4 Å². The van der Waals surface area contributed by atoms with Crippen molar-refractivity contribution in [2.24, 2.45) is 7.05 Å². The van der Waals surface area contributed by atoms with Crippen molar-refractivity contribution in [1.29, 1.82) is 0 Å². The van der Waals surface area contributed by atoms with Gasteiger partial charge in [-0.3, -0.25) is 10.1 Å². The van der Waals surface area contributed by atoms with Gasteiger partial charge in [-0.25, -0.2) is 9.07 Å². The Kier molecular flexibility index (Phi) is 5.90. The number of ether oxygens (including phenoxy) is 2. The minimum Gasteiger partial charge on any atom is -0.497 e. The van der Waals surface area contributed by atoms with E-state index in [0.717, 1.165) is 11.3 Å². The Morgan fingerprint density at radius 3 is 2.78 bits per heavy atom. The molecule has 0 bridgehead atoms. The number of nitro groups is 1. The van der Waals surface area contributed by atoms with Crippen molar-refractivity contribution in [3.63, 3.8) is 0 Å². The molecule has 3 rings (SSSR count). The fourth-order valence-corrected chi connectivity index (χ4v) is 3.30. The van der Waals surface area contributed by atoms with E-state index in [2.05, 4.69) is 5.10 Å². The van der Waals surface area contributed by atoms with Gasteiger partial charge in [0.25, 0.3) is 0 Å². The zero-order valence-corrected chi connectivity index (χ0v) is 15.4. The summed E-state index contributed by atoms with van der Waals surface area (Å²) in [6.45, 7) is 0.935. The van der Waals surface area contributed by atoms with Gasteiger partial charge in [-0.1, -0.05) is 12.1 Å². The average molecular weight is 378 g/mol. The van der Waals surface area contributed by atoms with Gasteiger partial charge < -0.3 is 14.4 Å². The Bertz CT molecular complexity index is 780. The van der Waals surface area contributed by atoms with Crippen molar-refractivity contribution in [3.05, 3.63) is 46.1 Å². The maximum Gasteiger partial charge on any atom is 0.331 e. The van der Waals surface area contributed by atoms with Crippen LogP contribution in [-0.4, -0.2) is 47.2 Å². The van der Waals surface area contributed by atoms with Crippen molar-refractivity contribution in [2.75, 3.05) is 25.1 Å². The second kappa shape index (κ2) is 8.34. The molecule has 27 heavy (non-hydrogen) atoms. The van der Waals surface area contributed by atoms with Crippen LogP contribution < -0.4 is 9.64 Å². The summed E-state index contributed by atoms with van der Waals surface area (Å²) in [6.07, 6.45) is 0.657. The van der Waals surface area contributed by atoms with Crippen molar-refractivity contribution in [2.45, 2.75) is 31.7 Å². The fourth-order valence-electron chi connectivity index (χ4n) is 3.30. The van der Waals surface area contributed by atoms with Gasteiger partial charge >= 0.3 is 5.69 Å². The standard InChI is InChI=1S/C18H23FN4O4/c1-21-18(17(10-20-21)23(24)25)22-8-7-16(9-14(19)11-22)27-12-13-3-5-15(26-2)6-4-13/h3-6,10,14,16H,7-9,11-12H2,1-2H3/t14-,16+/m0/s1. The molecule has 1 aromatic heterocycles. The lowest BCUT2D eigenvalue weighted by Gasteiger charge is -2.22. The maximum atomic E-state index is 14.5. The topological polar surface area (TPSA) is 82.7 Å². The monoisotopic (exact) mass is 378 g/mol. The Morgan fingerprint density at radius 2 is 2.11 bits per heavy atom. The molecule has 0 unspecified atom stereocenters. The zero-order valence-electron chi connectivity index (χ0n) is 15.4. The number of hydrogen-bond donors (Lipinski definition) is 0. The van der Waals surface area contributed by atoms with E-state index in [9.17, 15) is 14.5 Å². The van der Waals surface area contributed by atoms with Gasteiger partial charge in [0, 0.05) is 20.0 Å². The molecule has 1 fully saturated rings. The number of anilines is 1. The van der Waals surface area contributed by atoms with Crippen LogP contribution in [0.5, 0.6) is 5.75 Å². The third-order valence-corrected chi connectivity index (χ3v) is 4.69. The van der Waals surface area contributed by atoms with Crippen LogP contribution in [0.3, 0.4) is 0 Å². The lowest BCUT2D eigenvalue weighted by atomic mass is 10.1. The molecule has 2 atom stereocenters. The molecule has 1 aliphatic heterocycles. The van der Waals surface area contributed by atoms with Crippen LogP contribution in [0.4, 0.5) is 15.9 Å². The summed E-state index contributed by atoms with van der Waals surface area (Å²) < 4.78 is 26.9. The molecular formula is C18H23FN4O4. The van der Waals surface area contributed by atoms with Crippen LogP contribution in [0, 0.1) is 10.1 Å². The number of halogens is 1. The number of alkyl halides is 1. The summed E-state index contributed by atoms with van der Waals surface area (Å²) in [4.78, 5) is 12.4. The molecule has 1 aromatic carbocycles. The van der Waals surface area contributed by atoms with Crippen LogP contribution in [0.2, 0.25) is 0 Å². The third-order valence-electron chi connectivity index (χ3n) is 4.69. The first-order valence-corrected chi connectivity index (χ1v) is 8.78. The lowest BCUT2D eigenvalue weighted by Crippen LogP contribution is -2.31. The van der Waals surface area contributed by atoms with E-state index in [1.807, 2.05) is 24.3 Å². The number of nitrogens with zero attached hydrogens (tertiary/aromatic N) is 4. The molecular weight excluding hydrogens is 355 g/mol. The number of aromatic nitrogens is 2. The second-order valence-electron chi connectivity index (χ2n) is 6.58. The van der Waals surface area contributed by atoms with Gasteiger partial charge in [-0.05, 0) is 24.1 Å². The van der Waals surface area contributed by atoms with Crippen LogP contribution in [-0.2, 0) is 18.4 Å². The molecule has 1 aliphatic rings. The molecule has 0 amide bonds. The molecule has 8 nitrogen and oxygen atoms in total. The Balaban J connectivity index is 1.63. The predicted molar refractivity (Wildman–Crippen MR) is 97.8 cm³/mol. The Morgan fingerprint density at radius 1 is 1.37 bits per heavy atom. The van der Waals surface area contributed by atoms with Gasteiger partial charge in [-0.2, -0.15) is 5.10 Å². The first-order valence-electron chi connectivity index (χ1n) is 8.78. The zero-order chi connectivity index (χ0) is 19.4. The smallest absolute Gasteiger partial charge is 0.331 e. The Hall–Kier alpha value is -2.68. The van der Waals surface area contributed by atoms with E-state index < -0.39 is 11.1 Å². The van der Waals surface area contributed by atoms with E-state index in [-0.39, 0.29) is 24.8 Å². The molecule has 2 aromatic rings. The average Bonchev–Trinajstić information content (AvgIpc) is 2.94. The molecule has 0 radical (unpaired) electrons. The molecule has 0 spiro atoms. The molecule has 2 heterocycles. The molecule has 0 saturated carbocycles. The Labute approximate surface area is 156 Å². The fraction of sp³-hybridized carbons (Fsp3) is 0.500. The number of hydrogen-bond acceptors (Lipinski definition) is 6. The van der Waals surface area contributed by atoms with Crippen molar-refractivity contribution in [3.8, 4) is 5.75 Å². The van der Waals surface area contributed by atoms with Crippen LogP contribution in [0.25, 0.3) is 0 Å².